The lowest BCUT2D eigenvalue weighted by Gasteiger charge is -2.08. The van der Waals surface area contributed by atoms with Crippen molar-refractivity contribution in [2.45, 2.75) is 25.9 Å². The lowest BCUT2D eigenvalue weighted by molar-refractivity contribution is 0.147. The summed E-state index contributed by atoms with van der Waals surface area (Å²) in [5.41, 5.74) is 0.205. The number of hydrogen-bond donors (Lipinski definition) is 2. The zero-order valence-corrected chi connectivity index (χ0v) is 7.74. The highest BCUT2D eigenvalue weighted by molar-refractivity contribution is 5.37. The molecule has 1 atom stereocenters. The van der Waals surface area contributed by atoms with Crippen LogP contribution in [0.2, 0.25) is 0 Å². The second-order valence-corrected chi connectivity index (χ2v) is 3.25. The average molecular weight is 202 g/mol. The quantitative estimate of drug-likeness (QED) is 0.789. The molecule has 0 fully saturated rings. The van der Waals surface area contributed by atoms with Gasteiger partial charge in [0.25, 0.3) is 6.43 Å². The molecule has 0 aliphatic rings. The number of aliphatic hydroxyl groups is 1. The van der Waals surface area contributed by atoms with Crippen molar-refractivity contribution in [3.8, 4) is 5.75 Å². The van der Waals surface area contributed by atoms with Gasteiger partial charge >= 0.3 is 0 Å². The number of benzene rings is 1. The molecule has 0 aliphatic heterocycles. The van der Waals surface area contributed by atoms with Crippen molar-refractivity contribution < 1.29 is 19.0 Å². The molecular formula is C10H12F2O2. The Balaban J connectivity index is 2.94. The van der Waals surface area contributed by atoms with Crippen LogP contribution in [0.3, 0.4) is 0 Å². The number of rotatable bonds is 3. The van der Waals surface area contributed by atoms with E-state index in [0.717, 1.165) is 0 Å². The molecule has 0 aliphatic carbocycles. The van der Waals surface area contributed by atoms with Gasteiger partial charge in [0, 0.05) is 0 Å². The molecular weight excluding hydrogens is 190 g/mol. The lowest BCUT2D eigenvalue weighted by atomic mass is 10.1. The zero-order chi connectivity index (χ0) is 10.7. The van der Waals surface area contributed by atoms with Crippen molar-refractivity contribution in [3.63, 3.8) is 0 Å². The summed E-state index contributed by atoms with van der Waals surface area (Å²) >= 11 is 0. The van der Waals surface area contributed by atoms with Gasteiger partial charge in [0.1, 0.15) is 5.75 Å². The topological polar surface area (TPSA) is 40.5 Å². The molecule has 78 valence electrons. The van der Waals surface area contributed by atoms with E-state index in [2.05, 4.69) is 0 Å². The van der Waals surface area contributed by atoms with Gasteiger partial charge in [-0.25, -0.2) is 8.78 Å². The molecule has 0 saturated carbocycles. The van der Waals surface area contributed by atoms with Crippen LogP contribution in [0, 0.1) is 0 Å². The smallest absolute Gasteiger partial charge is 0.267 e. The second kappa shape index (κ2) is 4.37. The maximum Gasteiger partial charge on any atom is 0.267 e. The summed E-state index contributed by atoms with van der Waals surface area (Å²) in [5.74, 6) is -0.408. The van der Waals surface area contributed by atoms with Gasteiger partial charge in [-0.2, -0.15) is 0 Å². The van der Waals surface area contributed by atoms with Gasteiger partial charge in [-0.05, 0) is 31.0 Å². The van der Waals surface area contributed by atoms with Crippen molar-refractivity contribution in [1.82, 2.24) is 0 Å². The van der Waals surface area contributed by atoms with Crippen LogP contribution in [0.25, 0.3) is 0 Å². The number of alkyl halides is 2. The molecule has 14 heavy (non-hydrogen) atoms. The number of aliphatic hydroxyl groups excluding tert-OH is 1. The maximum absolute atomic E-state index is 12.3. The highest BCUT2D eigenvalue weighted by Gasteiger charge is 2.13. The second-order valence-electron chi connectivity index (χ2n) is 3.25. The van der Waals surface area contributed by atoms with Gasteiger partial charge in [0.05, 0.1) is 11.7 Å². The van der Waals surface area contributed by atoms with Crippen LogP contribution < -0.4 is 0 Å². The maximum atomic E-state index is 12.3. The summed E-state index contributed by atoms with van der Waals surface area (Å²) in [5, 5.41) is 18.2. The van der Waals surface area contributed by atoms with Crippen molar-refractivity contribution >= 4 is 0 Å². The number of halogens is 2. The predicted molar refractivity (Wildman–Crippen MR) is 48.4 cm³/mol. The third-order valence-electron chi connectivity index (χ3n) is 1.86. The van der Waals surface area contributed by atoms with E-state index >= 15 is 0 Å². The van der Waals surface area contributed by atoms with E-state index in [1.54, 1.807) is 6.92 Å². The Morgan fingerprint density at radius 1 is 1.36 bits per heavy atom. The molecule has 1 rings (SSSR count). The van der Waals surface area contributed by atoms with Crippen LogP contribution in [0.4, 0.5) is 8.78 Å². The molecule has 1 aromatic rings. The number of phenols is 1. The van der Waals surface area contributed by atoms with Crippen molar-refractivity contribution in [2.75, 3.05) is 0 Å². The van der Waals surface area contributed by atoms with Crippen LogP contribution >= 0.6 is 0 Å². The molecule has 1 aromatic carbocycles. The minimum absolute atomic E-state index is 0.306. The standard InChI is InChI=1S/C10H12F2O2/c1-6(13)4-7-2-3-9(14)8(5-7)10(11)12/h2-3,5-6,10,13-14H,4H2,1H3. The van der Waals surface area contributed by atoms with E-state index in [1.807, 2.05) is 0 Å². The predicted octanol–water partition coefficient (Wildman–Crippen LogP) is 2.25. The summed E-state index contributed by atoms with van der Waals surface area (Å²) in [7, 11) is 0. The number of hydrogen-bond acceptors (Lipinski definition) is 2. The monoisotopic (exact) mass is 202 g/mol. The fourth-order valence-electron chi connectivity index (χ4n) is 1.25. The van der Waals surface area contributed by atoms with Gasteiger partial charge in [0.15, 0.2) is 0 Å². The first kappa shape index (κ1) is 10.9. The number of phenolic OH excluding ortho intramolecular Hbond substituents is 1. The molecule has 2 N–H and O–H groups in total. The minimum atomic E-state index is -2.69. The lowest BCUT2D eigenvalue weighted by Crippen LogP contribution is -2.04. The summed E-state index contributed by atoms with van der Waals surface area (Å²) in [6.45, 7) is 1.58. The Kier molecular flexibility index (Phi) is 3.41. The molecule has 4 heteroatoms. The van der Waals surface area contributed by atoms with E-state index in [-0.39, 0.29) is 5.56 Å². The van der Waals surface area contributed by atoms with Gasteiger partial charge in [-0.1, -0.05) is 6.07 Å². The van der Waals surface area contributed by atoms with E-state index in [1.165, 1.54) is 18.2 Å². The van der Waals surface area contributed by atoms with Gasteiger partial charge < -0.3 is 10.2 Å². The van der Waals surface area contributed by atoms with Crippen LogP contribution in [0.15, 0.2) is 18.2 Å². The van der Waals surface area contributed by atoms with Gasteiger partial charge in [-0.15, -0.1) is 0 Å². The van der Waals surface area contributed by atoms with Crippen LogP contribution in [0.1, 0.15) is 24.5 Å². The number of aromatic hydroxyl groups is 1. The third-order valence-corrected chi connectivity index (χ3v) is 1.86. The van der Waals surface area contributed by atoms with Crippen molar-refractivity contribution in [1.29, 1.82) is 0 Å². The molecule has 0 amide bonds. The van der Waals surface area contributed by atoms with Gasteiger partial charge in [-0.3, -0.25) is 0 Å². The summed E-state index contributed by atoms with van der Waals surface area (Å²) in [6.07, 6.45) is -2.96. The SMILES string of the molecule is CC(O)Cc1ccc(O)c(C(F)F)c1. The van der Waals surface area contributed by atoms with E-state index in [0.29, 0.717) is 12.0 Å². The molecule has 0 heterocycles. The summed E-state index contributed by atoms with van der Waals surface area (Å²) in [4.78, 5) is 0. The third kappa shape index (κ3) is 2.67. The molecule has 0 aromatic heterocycles. The molecule has 2 nitrogen and oxygen atoms in total. The molecule has 0 saturated heterocycles. The fourth-order valence-corrected chi connectivity index (χ4v) is 1.25. The summed E-state index contributed by atoms with van der Waals surface area (Å²) < 4.78 is 24.6. The summed E-state index contributed by atoms with van der Waals surface area (Å²) in [6, 6.07) is 3.96. The first-order valence-electron chi connectivity index (χ1n) is 4.28. The van der Waals surface area contributed by atoms with E-state index in [4.69, 9.17) is 10.2 Å². The first-order chi connectivity index (χ1) is 6.50. The zero-order valence-electron chi connectivity index (χ0n) is 7.74. The normalized spacial score (nSPS) is 13.2. The van der Waals surface area contributed by atoms with E-state index in [9.17, 15) is 8.78 Å². The van der Waals surface area contributed by atoms with E-state index < -0.39 is 18.3 Å². The van der Waals surface area contributed by atoms with Crippen molar-refractivity contribution in [2.24, 2.45) is 0 Å². The highest BCUT2D eigenvalue weighted by atomic mass is 19.3. The highest BCUT2D eigenvalue weighted by Crippen LogP contribution is 2.29. The Hall–Kier alpha value is -1.16. The molecule has 1 unspecified atom stereocenters. The minimum Gasteiger partial charge on any atom is -0.507 e. The Morgan fingerprint density at radius 3 is 2.50 bits per heavy atom. The van der Waals surface area contributed by atoms with Crippen LogP contribution in [0.5, 0.6) is 5.75 Å². The Bertz CT molecular complexity index is 311. The molecule has 0 spiro atoms. The molecule has 0 radical (unpaired) electrons. The Labute approximate surface area is 80.8 Å². The average Bonchev–Trinajstić information content (AvgIpc) is 2.07. The van der Waals surface area contributed by atoms with Crippen LogP contribution in [-0.2, 0) is 6.42 Å². The first-order valence-corrected chi connectivity index (χ1v) is 4.28. The van der Waals surface area contributed by atoms with Crippen LogP contribution in [-0.4, -0.2) is 16.3 Å². The van der Waals surface area contributed by atoms with Gasteiger partial charge in [0.2, 0.25) is 0 Å². The van der Waals surface area contributed by atoms with Crippen molar-refractivity contribution in [3.05, 3.63) is 29.3 Å². The Morgan fingerprint density at radius 2 is 2.00 bits per heavy atom. The fraction of sp³-hybridized carbons (Fsp3) is 0.400. The largest absolute Gasteiger partial charge is 0.507 e. The molecule has 0 bridgehead atoms.